The third-order valence-corrected chi connectivity index (χ3v) is 7.40. The summed E-state index contributed by atoms with van der Waals surface area (Å²) >= 11 is 5.84. The van der Waals surface area contributed by atoms with Crippen molar-refractivity contribution in [1.29, 1.82) is 0 Å². The molecule has 168 valence electrons. The lowest BCUT2D eigenvalue weighted by molar-refractivity contribution is 0.0455. The van der Waals surface area contributed by atoms with Crippen LogP contribution in [0.4, 0.5) is 4.39 Å². The van der Waals surface area contributed by atoms with Gasteiger partial charge in [0.25, 0.3) is 11.8 Å². The van der Waals surface area contributed by atoms with Crippen LogP contribution in [0.25, 0.3) is 0 Å². The Kier molecular flexibility index (Phi) is 5.91. The Hall–Kier alpha value is -2.44. The van der Waals surface area contributed by atoms with Crippen LogP contribution in [0.5, 0.6) is 0 Å². The van der Waals surface area contributed by atoms with Gasteiger partial charge in [-0.2, -0.15) is 0 Å². The van der Waals surface area contributed by atoms with Gasteiger partial charge in [0.2, 0.25) is 0 Å². The second-order valence-corrected chi connectivity index (χ2v) is 9.41. The standard InChI is InChI=1S/C25H27ClFN3O2/c26-22-15-19(6-7-23(22)27)25(32)30-9-8-17-14-18(4-5-20(17)16-30)24(31)29-12-10-28(11-13-29)21-2-1-3-21/h4-7,14-15,21H,1-3,8-13,16H2. The summed E-state index contributed by atoms with van der Waals surface area (Å²) in [6.07, 6.45) is 4.62. The second kappa shape index (κ2) is 8.83. The molecule has 7 heteroatoms. The van der Waals surface area contributed by atoms with Crippen molar-refractivity contribution in [2.75, 3.05) is 32.7 Å². The molecule has 1 aliphatic carbocycles. The summed E-state index contributed by atoms with van der Waals surface area (Å²) < 4.78 is 13.4. The fourth-order valence-corrected chi connectivity index (χ4v) is 5.08. The smallest absolute Gasteiger partial charge is 0.254 e. The first-order valence-corrected chi connectivity index (χ1v) is 11.8. The number of fused-ring (bicyclic) bond motifs is 1. The van der Waals surface area contributed by atoms with Crippen molar-refractivity contribution in [3.8, 4) is 0 Å². The van der Waals surface area contributed by atoms with Gasteiger partial charge in [-0.15, -0.1) is 0 Å². The summed E-state index contributed by atoms with van der Waals surface area (Å²) in [5.74, 6) is -0.601. The molecule has 3 aliphatic rings. The maximum Gasteiger partial charge on any atom is 0.254 e. The third-order valence-electron chi connectivity index (χ3n) is 7.11. The molecule has 2 fully saturated rings. The Morgan fingerprint density at radius 1 is 0.844 bits per heavy atom. The number of hydrogen-bond donors (Lipinski definition) is 0. The summed E-state index contributed by atoms with van der Waals surface area (Å²) in [5.41, 5.74) is 3.27. The van der Waals surface area contributed by atoms with Crippen LogP contribution in [0.1, 0.15) is 51.1 Å². The number of carbonyl (C=O) groups excluding carboxylic acids is 2. The predicted molar refractivity (Wildman–Crippen MR) is 121 cm³/mol. The maximum atomic E-state index is 13.4. The van der Waals surface area contributed by atoms with E-state index >= 15 is 0 Å². The number of carbonyl (C=O) groups is 2. The van der Waals surface area contributed by atoms with Crippen LogP contribution in [0.3, 0.4) is 0 Å². The molecule has 2 heterocycles. The highest BCUT2D eigenvalue weighted by Crippen LogP contribution is 2.27. The Morgan fingerprint density at radius 3 is 2.22 bits per heavy atom. The molecule has 0 unspecified atom stereocenters. The summed E-state index contributed by atoms with van der Waals surface area (Å²) in [4.78, 5) is 32.1. The SMILES string of the molecule is O=C(c1ccc2c(c1)CCN(C(=O)c1ccc(F)c(Cl)c1)C2)N1CCN(C2CCC2)CC1. The lowest BCUT2D eigenvalue weighted by Gasteiger charge is -2.43. The first-order chi connectivity index (χ1) is 15.5. The summed E-state index contributed by atoms with van der Waals surface area (Å²) in [6, 6.07) is 10.6. The van der Waals surface area contributed by atoms with Crippen LogP contribution in [0.2, 0.25) is 5.02 Å². The highest BCUT2D eigenvalue weighted by molar-refractivity contribution is 6.31. The minimum atomic E-state index is -0.533. The van der Waals surface area contributed by atoms with Gasteiger partial charge in [0.15, 0.2) is 0 Å². The van der Waals surface area contributed by atoms with Crippen molar-refractivity contribution in [2.45, 2.75) is 38.3 Å². The van der Waals surface area contributed by atoms with Crippen LogP contribution in [0, 0.1) is 5.82 Å². The minimum absolute atomic E-state index is 0.0510. The fraction of sp³-hybridized carbons (Fsp3) is 0.440. The summed E-state index contributed by atoms with van der Waals surface area (Å²) in [7, 11) is 0. The molecule has 2 aliphatic heterocycles. The zero-order chi connectivity index (χ0) is 22.2. The number of hydrogen-bond acceptors (Lipinski definition) is 3. The molecule has 1 saturated heterocycles. The zero-order valence-corrected chi connectivity index (χ0v) is 18.8. The maximum absolute atomic E-state index is 13.4. The predicted octanol–water partition coefficient (Wildman–Crippen LogP) is 3.99. The second-order valence-electron chi connectivity index (χ2n) is 9.00. The number of amides is 2. The van der Waals surface area contributed by atoms with Crippen molar-refractivity contribution < 1.29 is 14.0 Å². The first kappa shape index (κ1) is 21.4. The van der Waals surface area contributed by atoms with Crippen LogP contribution in [0.15, 0.2) is 36.4 Å². The van der Waals surface area contributed by atoms with E-state index in [1.165, 1.54) is 37.5 Å². The van der Waals surface area contributed by atoms with Crippen molar-refractivity contribution in [2.24, 2.45) is 0 Å². The van der Waals surface area contributed by atoms with Gasteiger partial charge in [0.05, 0.1) is 5.02 Å². The van der Waals surface area contributed by atoms with Crippen LogP contribution in [-0.4, -0.2) is 65.3 Å². The van der Waals surface area contributed by atoms with Gasteiger partial charge in [0.1, 0.15) is 5.82 Å². The van der Waals surface area contributed by atoms with Crippen LogP contribution in [-0.2, 0) is 13.0 Å². The summed E-state index contributed by atoms with van der Waals surface area (Å²) in [6.45, 7) is 4.53. The molecule has 2 aromatic carbocycles. The number of nitrogens with zero attached hydrogens (tertiary/aromatic N) is 3. The number of halogens is 2. The molecule has 0 bridgehead atoms. The summed E-state index contributed by atoms with van der Waals surface area (Å²) in [5, 5.41) is -0.0510. The van der Waals surface area contributed by atoms with Crippen molar-refractivity contribution in [1.82, 2.24) is 14.7 Å². The molecule has 0 atom stereocenters. The van der Waals surface area contributed by atoms with E-state index in [4.69, 9.17) is 11.6 Å². The number of benzene rings is 2. The quantitative estimate of drug-likeness (QED) is 0.703. The van der Waals surface area contributed by atoms with E-state index in [0.717, 1.165) is 48.9 Å². The molecular weight excluding hydrogens is 429 g/mol. The van der Waals surface area contributed by atoms with Crippen molar-refractivity contribution in [3.05, 3.63) is 69.5 Å². The van der Waals surface area contributed by atoms with Gasteiger partial charge in [-0.05, 0) is 60.7 Å². The molecule has 0 N–H and O–H groups in total. The fourth-order valence-electron chi connectivity index (χ4n) is 4.90. The molecule has 5 rings (SSSR count). The average molecular weight is 456 g/mol. The molecule has 2 aromatic rings. The molecule has 32 heavy (non-hydrogen) atoms. The highest BCUT2D eigenvalue weighted by Gasteiger charge is 2.30. The largest absolute Gasteiger partial charge is 0.336 e. The van der Waals surface area contributed by atoms with Gasteiger partial charge in [-0.25, -0.2) is 4.39 Å². The normalized spacial score (nSPS) is 19.4. The Labute approximate surface area is 192 Å². The topological polar surface area (TPSA) is 43.9 Å². The van der Waals surface area contributed by atoms with Gasteiger partial charge in [-0.3, -0.25) is 14.5 Å². The van der Waals surface area contributed by atoms with Crippen molar-refractivity contribution in [3.63, 3.8) is 0 Å². The monoisotopic (exact) mass is 455 g/mol. The molecule has 0 radical (unpaired) electrons. The van der Waals surface area contributed by atoms with Crippen LogP contribution < -0.4 is 0 Å². The lowest BCUT2D eigenvalue weighted by atomic mass is 9.91. The third kappa shape index (κ3) is 4.14. The number of piperazine rings is 1. The zero-order valence-electron chi connectivity index (χ0n) is 18.0. The Morgan fingerprint density at radius 2 is 1.53 bits per heavy atom. The average Bonchev–Trinajstić information content (AvgIpc) is 2.78. The molecular formula is C25H27ClFN3O2. The first-order valence-electron chi connectivity index (χ1n) is 11.4. The van der Waals surface area contributed by atoms with E-state index in [2.05, 4.69) is 4.90 Å². The Bertz CT molecular complexity index is 1050. The molecule has 5 nitrogen and oxygen atoms in total. The van der Waals surface area contributed by atoms with E-state index in [1.54, 1.807) is 4.90 Å². The molecule has 0 spiro atoms. The van der Waals surface area contributed by atoms with Gasteiger partial charge < -0.3 is 9.80 Å². The Balaban J connectivity index is 1.23. The minimum Gasteiger partial charge on any atom is -0.336 e. The molecule has 0 aromatic heterocycles. The van der Waals surface area contributed by atoms with E-state index in [0.29, 0.717) is 25.1 Å². The molecule has 1 saturated carbocycles. The van der Waals surface area contributed by atoms with Crippen molar-refractivity contribution >= 4 is 23.4 Å². The van der Waals surface area contributed by atoms with Gasteiger partial charge >= 0.3 is 0 Å². The van der Waals surface area contributed by atoms with E-state index < -0.39 is 5.82 Å². The van der Waals surface area contributed by atoms with Gasteiger partial charge in [-0.1, -0.05) is 24.1 Å². The number of rotatable bonds is 3. The van der Waals surface area contributed by atoms with E-state index in [-0.39, 0.29) is 16.8 Å². The highest BCUT2D eigenvalue weighted by atomic mass is 35.5. The molecule has 2 amide bonds. The van der Waals surface area contributed by atoms with Gasteiger partial charge in [0, 0.05) is 56.4 Å². The van der Waals surface area contributed by atoms with Crippen LogP contribution >= 0.6 is 11.6 Å². The van der Waals surface area contributed by atoms with E-state index in [9.17, 15) is 14.0 Å². The van der Waals surface area contributed by atoms with E-state index in [1.807, 2.05) is 23.1 Å². The lowest BCUT2D eigenvalue weighted by Crippen LogP contribution is -2.53.